The van der Waals surface area contributed by atoms with Crippen LogP contribution in [0.15, 0.2) is 79.0 Å². The van der Waals surface area contributed by atoms with Gasteiger partial charge < -0.3 is 10.6 Å². The van der Waals surface area contributed by atoms with Crippen LogP contribution in [0.4, 0.5) is 10.5 Å². The number of carbonyl (C=O) groups is 1. The van der Waals surface area contributed by atoms with Gasteiger partial charge in [-0.05, 0) is 42.3 Å². The molecule has 4 heteroatoms. The van der Waals surface area contributed by atoms with E-state index in [9.17, 15) is 4.79 Å². The van der Waals surface area contributed by atoms with Gasteiger partial charge in [-0.3, -0.25) is 4.98 Å². The first-order chi connectivity index (χ1) is 11.7. The number of anilines is 1. The molecule has 4 nitrogen and oxygen atoms in total. The summed E-state index contributed by atoms with van der Waals surface area (Å²) in [6.45, 7) is 1.90. The number of hydrogen-bond donors (Lipinski definition) is 2. The predicted octanol–water partition coefficient (Wildman–Crippen LogP) is 4.63. The summed E-state index contributed by atoms with van der Waals surface area (Å²) in [6.07, 6.45) is 1.72. The van der Waals surface area contributed by atoms with Gasteiger partial charge in [0.2, 0.25) is 0 Å². The van der Waals surface area contributed by atoms with Crippen molar-refractivity contribution in [2.75, 3.05) is 5.32 Å². The average molecular weight is 317 g/mol. The Morgan fingerprint density at radius 3 is 2.21 bits per heavy atom. The molecule has 2 aromatic carbocycles. The van der Waals surface area contributed by atoms with Gasteiger partial charge in [-0.15, -0.1) is 0 Å². The summed E-state index contributed by atoms with van der Waals surface area (Å²) in [4.78, 5) is 16.3. The van der Waals surface area contributed by atoms with E-state index in [2.05, 4.69) is 27.8 Å². The third-order valence-electron chi connectivity index (χ3n) is 3.73. The summed E-state index contributed by atoms with van der Waals surface area (Å²) in [7, 11) is 0. The third kappa shape index (κ3) is 3.98. The molecule has 0 aliphatic heterocycles. The fourth-order valence-corrected chi connectivity index (χ4v) is 2.45. The van der Waals surface area contributed by atoms with E-state index in [1.54, 1.807) is 6.20 Å². The Bertz CT molecular complexity index is 786. The molecule has 0 bridgehead atoms. The molecule has 1 heterocycles. The highest BCUT2D eigenvalue weighted by Crippen LogP contribution is 2.21. The van der Waals surface area contributed by atoms with E-state index in [1.807, 2.05) is 67.6 Å². The van der Waals surface area contributed by atoms with Crippen LogP contribution in [-0.2, 0) is 0 Å². The van der Waals surface area contributed by atoms with Gasteiger partial charge in [0.15, 0.2) is 0 Å². The molecule has 1 atom stereocenters. The summed E-state index contributed by atoms with van der Waals surface area (Å²) >= 11 is 0. The topological polar surface area (TPSA) is 54.0 Å². The van der Waals surface area contributed by atoms with Crippen molar-refractivity contribution in [1.82, 2.24) is 10.3 Å². The monoisotopic (exact) mass is 317 g/mol. The Morgan fingerprint density at radius 1 is 0.875 bits per heavy atom. The van der Waals surface area contributed by atoms with Gasteiger partial charge in [-0.2, -0.15) is 0 Å². The molecule has 2 N–H and O–H groups in total. The van der Waals surface area contributed by atoms with Crippen molar-refractivity contribution in [2.24, 2.45) is 0 Å². The minimum absolute atomic E-state index is 0.158. The quantitative estimate of drug-likeness (QED) is 0.737. The fourth-order valence-electron chi connectivity index (χ4n) is 2.45. The lowest BCUT2D eigenvalue weighted by Crippen LogP contribution is -2.31. The molecule has 120 valence electrons. The summed E-state index contributed by atoms with van der Waals surface area (Å²) in [5, 5.41) is 5.72. The maximum atomic E-state index is 12.1. The van der Waals surface area contributed by atoms with Gasteiger partial charge >= 0.3 is 6.03 Å². The van der Waals surface area contributed by atoms with Gasteiger partial charge in [0.1, 0.15) is 0 Å². The second kappa shape index (κ2) is 7.42. The van der Waals surface area contributed by atoms with E-state index in [-0.39, 0.29) is 12.1 Å². The van der Waals surface area contributed by atoms with Crippen molar-refractivity contribution < 1.29 is 4.79 Å². The molecule has 1 unspecified atom stereocenters. The van der Waals surface area contributed by atoms with Crippen LogP contribution in [0.5, 0.6) is 0 Å². The fraction of sp³-hybridized carbons (Fsp3) is 0.100. The Labute approximate surface area is 141 Å². The summed E-state index contributed by atoms with van der Waals surface area (Å²) in [5.74, 6) is 0. The van der Waals surface area contributed by atoms with E-state index in [4.69, 9.17) is 0 Å². The lowest BCUT2D eigenvalue weighted by atomic mass is 10.1. The summed E-state index contributed by atoms with van der Waals surface area (Å²) < 4.78 is 0. The lowest BCUT2D eigenvalue weighted by Gasteiger charge is -2.14. The zero-order valence-corrected chi connectivity index (χ0v) is 13.4. The standard InChI is InChI=1S/C20H19N3O/c1-15(19-9-5-6-14-21-19)22-20(24)23-18-12-10-17(11-13-18)16-7-3-2-4-8-16/h2-15H,1H3,(H2,22,23,24). The molecule has 0 saturated heterocycles. The number of nitrogens with one attached hydrogen (secondary N) is 2. The van der Waals surface area contributed by atoms with Crippen LogP contribution in [0, 0.1) is 0 Å². The maximum Gasteiger partial charge on any atom is 0.319 e. The van der Waals surface area contributed by atoms with E-state index in [1.165, 1.54) is 0 Å². The molecule has 0 aliphatic rings. The molecule has 0 radical (unpaired) electrons. The molecule has 1 aromatic heterocycles. The van der Waals surface area contributed by atoms with Crippen LogP contribution in [0.3, 0.4) is 0 Å². The SMILES string of the molecule is CC(NC(=O)Nc1ccc(-c2ccccc2)cc1)c1ccccn1. The number of carbonyl (C=O) groups excluding carboxylic acids is 1. The van der Waals surface area contributed by atoms with Crippen molar-refractivity contribution in [3.8, 4) is 11.1 Å². The molecule has 24 heavy (non-hydrogen) atoms. The minimum Gasteiger partial charge on any atom is -0.330 e. The number of hydrogen-bond acceptors (Lipinski definition) is 2. The number of nitrogens with zero attached hydrogens (tertiary/aromatic N) is 1. The highest BCUT2D eigenvalue weighted by Gasteiger charge is 2.10. The van der Waals surface area contributed by atoms with Crippen LogP contribution in [-0.4, -0.2) is 11.0 Å². The van der Waals surface area contributed by atoms with Crippen LogP contribution < -0.4 is 10.6 Å². The molecule has 3 aromatic rings. The summed E-state index contributed by atoms with van der Waals surface area (Å²) in [6, 6.07) is 23.1. The second-order valence-corrected chi connectivity index (χ2v) is 5.52. The molecular formula is C20H19N3O. The first-order valence-corrected chi connectivity index (χ1v) is 7.86. The first kappa shape index (κ1) is 15.7. The molecule has 2 amide bonds. The predicted molar refractivity (Wildman–Crippen MR) is 96.7 cm³/mol. The van der Waals surface area contributed by atoms with Gasteiger partial charge in [-0.25, -0.2) is 4.79 Å². The van der Waals surface area contributed by atoms with Crippen LogP contribution in [0.1, 0.15) is 18.7 Å². The molecule has 0 fully saturated rings. The minimum atomic E-state index is -0.249. The van der Waals surface area contributed by atoms with E-state index in [0.29, 0.717) is 0 Å². The van der Waals surface area contributed by atoms with Crippen LogP contribution >= 0.6 is 0 Å². The highest BCUT2D eigenvalue weighted by molar-refractivity contribution is 5.89. The van der Waals surface area contributed by atoms with Crippen molar-refractivity contribution >= 4 is 11.7 Å². The normalized spacial score (nSPS) is 11.5. The van der Waals surface area contributed by atoms with Crippen LogP contribution in [0.2, 0.25) is 0 Å². The first-order valence-electron chi connectivity index (χ1n) is 7.86. The van der Waals surface area contributed by atoms with E-state index < -0.39 is 0 Å². The average Bonchev–Trinajstić information content (AvgIpc) is 2.64. The zero-order chi connectivity index (χ0) is 16.8. The van der Waals surface area contributed by atoms with Crippen molar-refractivity contribution in [2.45, 2.75) is 13.0 Å². The molecular weight excluding hydrogens is 298 g/mol. The Balaban J connectivity index is 1.61. The lowest BCUT2D eigenvalue weighted by molar-refractivity contribution is 0.249. The molecule has 0 spiro atoms. The largest absolute Gasteiger partial charge is 0.330 e. The third-order valence-corrected chi connectivity index (χ3v) is 3.73. The zero-order valence-electron chi connectivity index (χ0n) is 13.4. The van der Waals surface area contributed by atoms with E-state index in [0.717, 1.165) is 22.5 Å². The van der Waals surface area contributed by atoms with E-state index >= 15 is 0 Å². The second-order valence-electron chi connectivity index (χ2n) is 5.52. The Morgan fingerprint density at radius 2 is 1.54 bits per heavy atom. The smallest absolute Gasteiger partial charge is 0.319 e. The molecule has 0 saturated carbocycles. The number of amides is 2. The number of benzene rings is 2. The number of urea groups is 1. The van der Waals surface area contributed by atoms with Crippen LogP contribution in [0.25, 0.3) is 11.1 Å². The number of aromatic nitrogens is 1. The summed E-state index contributed by atoms with van der Waals surface area (Å²) in [5.41, 5.74) is 3.84. The van der Waals surface area contributed by atoms with Crippen molar-refractivity contribution in [1.29, 1.82) is 0 Å². The molecule has 0 aliphatic carbocycles. The highest BCUT2D eigenvalue weighted by atomic mass is 16.2. The van der Waals surface area contributed by atoms with Gasteiger partial charge in [-0.1, -0.05) is 48.5 Å². The van der Waals surface area contributed by atoms with Gasteiger partial charge in [0.25, 0.3) is 0 Å². The van der Waals surface area contributed by atoms with Crippen molar-refractivity contribution in [3.05, 3.63) is 84.7 Å². The Hall–Kier alpha value is -3.14. The Kier molecular flexibility index (Phi) is 4.87. The van der Waals surface area contributed by atoms with Crippen molar-refractivity contribution in [3.63, 3.8) is 0 Å². The van der Waals surface area contributed by atoms with Gasteiger partial charge in [0.05, 0.1) is 11.7 Å². The number of rotatable bonds is 4. The van der Waals surface area contributed by atoms with Gasteiger partial charge in [0, 0.05) is 11.9 Å². The number of pyridine rings is 1. The maximum absolute atomic E-state index is 12.1. The molecule has 3 rings (SSSR count).